The molecule has 1 aromatic carbocycles. The summed E-state index contributed by atoms with van der Waals surface area (Å²) in [6.07, 6.45) is 4.36. The van der Waals surface area contributed by atoms with Crippen LogP contribution in [0.2, 0.25) is 0 Å². The predicted octanol–water partition coefficient (Wildman–Crippen LogP) is 6.34. The highest BCUT2D eigenvalue weighted by Crippen LogP contribution is 2.32. The van der Waals surface area contributed by atoms with Crippen LogP contribution in [0, 0.1) is 0 Å². The van der Waals surface area contributed by atoms with Gasteiger partial charge in [-0.15, -0.1) is 0 Å². The van der Waals surface area contributed by atoms with Crippen molar-refractivity contribution >= 4 is 33.8 Å². The number of carbonyl (C=O) groups excluding carboxylic acids is 1. The zero-order chi connectivity index (χ0) is 24.0. The quantitative estimate of drug-likeness (QED) is 0.187. The molecule has 3 aromatic rings. The number of hydrogen-bond acceptors (Lipinski definition) is 5. The topological polar surface area (TPSA) is 118 Å². The molecule has 0 bridgehead atoms. The van der Waals surface area contributed by atoms with Gasteiger partial charge in [0.1, 0.15) is 16.9 Å². The first-order chi connectivity index (χ1) is 15.7. The summed E-state index contributed by atoms with van der Waals surface area (Å²) in [4.78, 5) is 24.3. The second kappa shape index (κ2) is 10.4. The standard InChI is InChI=1S/C24H31N7O2/c1-6-7-12-19-28-20-21(17-10-8-9-11-18(17)27-22(20)29-30-25)31(19)15-16(2)13-14-26-23(32)33-24(3,4)5/h8-11,13H,6-7,12,14-15H2,1-5H3,(H,26,32)/b16-13+. The molecule has 0 fully saturated rings. The van der Waals surface area contributed by atoms with Gasteiger partial charge in [0, 0.05) is 29.8 Å². The molecule has 3 rings (SSSR count). The lowest BCUT2D eigenvalue weighted by molar-refractivity contribution is 0.0534. The number of unbranched alkanes of at least 4 members (excludes halogenated alkanes) is 1. The Morgan fingerprint density at radius 1 is 1.30 bits per heavy atom. The number of para-hydroxylation sites is 1. The molecule has 0 spiro atoms. The number of aromatic nitrogens is 3. The van der Waals surface area contributed by atoms with E-state index in [0.29, 0.717) is 18.6 Å². The number of nitrogens with one attached hydrogen (secondary N) is 1. The van der Waals surface area contributed by atoms with Crippen LogP contribution in [0.15, 0.2) is 41.0 Å². The van der Waals surface area contributed by atoms with Crippen molar-refractivity contribution in [3.8, 4) is 0 Å². The summed E-state index contributed by atoms with van der Waals surface area (Å²) in [6, 6.07) is 7.79. The number of carbonyl (C=O) groups is 1. The summed E-state index contributed by atoms with van der Waals surface area (Å²) >= 11 is 0. The van der Waals surface area contributed by atoms with Crippen LogP contribution in [0.1, 0.15) is 53.3 Å². The summed E-state index contributed by atoms with van der Waals surface area (Å²) in [7, 11) is 0. The van der Waals surface area contributed by atoms with Crippen LogP contribution in [0.25, 0.3) is 32.4 Å². The third-order valence-electron chi connectivity index (χ3n) is 5.04. The SMILES string of the molecule is CCCCc1nc2c(N=[N+]=[N-])nc3ccccc3c2n1C/C(C)=C/CNC(=O)OC(C)(C)C. The molecule has 0 saturated heterocycles. The fraction of sp³-hybridized carbons (Fsp3) is 0.458. The minimum absolute atomic E-state index is 0.288. The molecule has 0 aliphatic heterocycles. The number of imidazole rings is 1. The Bertz CT molecular complexity index is 1230. The van der Waals surface area contributed by atoms with Crippen molar-refractivity contribution in [2.75, 3.05) is 6.54 Å². The number of amides is 1. The van der Waals surface area contributed by atoms with Crippen molar-refractivity contribution in [3.05, 3.63) is 52.2 Å². The lowest BCUT2D eigenvalue weighted by Crippen LogP contribution is -2.32. The fourth-order valence-corrected chi connectivity index (χ4v) is 3.61. The molecule has 33 heavy (non-hydrogen) atoms. The highest BCUT2D eigenvalue weighted by atomic mass is 16.6. The van der Waals surface area contributed by atoms with Gasteiger partial charge in [-0.3, -0.25) is 0 Å². The molecular formula is C24H31N7O2. The molecule has 0 saturated carbocycles. The van der Waals surface area contributed by atoms with Crippen LogP contribution >= 0.6 is 0 Å². The molecule has 0 aliphatic rings. The predicted molar refractivity (Wildman–Crippen MR) is 130 cm³/mol. The van der Waals surface area contributed by atoms with Crippen molar-refractivity contribution in [2.45, 2.75) is 66.0 Å². The maximum Gasteiger partial charge on any atom is 0.407 e. The molecule has 1 amide bonds. The number of alkyl carbamates (subject to hydrolysis) is 1. The first kappa shape index (κ1) is 24.1. The molecule has 0 aliphatic carbocycles. The van der Waals surface area contributed by atoms with E-state index >= 15 is 0 Å². The van der Waals surface area contributed by atoms with E-state index in [2.05, 4.69) is 31.8 Å². The molecule has 174 valence electrons. The number of hydrogen-bond donors (Lipinski definition) is 1. The lowest BCUT2D eigenvalue weighted by atomic mass is 10.1. The molecule has 1 N–H and O–H groups in total. The molecule has 2 aromatic heterocycles. The minimum Gasteiger partial charge on any atom is -0.444 e. The Labute approximate surface area is 193 Å². The summed E-state index contributed by atoms with van der Waals surface area (Å²) in [5.74, 6) is 1.21. The number of fused-ring (bicyclic) bond motifs is 3. The highest BCUT2D eigenvalue weighted by molar-refractivity contribution is 6.06. The Balaban J connectivity index is 1.99. The van der Waals surface area contributed by atoms with Crippen molar-refractivity contribution in [2.24, 2.45) is 5.11 Å². The number of aryl methyl sites for hydroxylation is 1. The maximum absolute atomic E-state index is 11.9. The van der Waals surface area contributed by atoms with Gasteiger partial charge in [-0.1, -0.05) is 43.2 Å². The Morgan fingerprint density at radius 2 is 2.06 bits per heavy atom. The van der Waals surface area contributed by atoms with Gasteiger partial charge in [-0.2, -0.15) is 0 Å². The minimum atomic E-state index is -0.536. The van der Waals surface area contributed by atoms with Crippen LogP contribution in [0.5, 0.6) is 0 Å². The number of ether oxygens (including phenoxy) is 1. The van der Waals surface area contributed by atoms with E-state index in [4.69, 9.17) is 15.3 Å². The molecule has 9 heteroatoms. The first-order valence-electron chi connectivity index (χ1n) is 11.2. The van der Waals surface area contributed by atoms with Crippen LogP contribution in [-0.2, 0) is 17.7 Å². The van der Waals surface area contributed by atoms with Crippen molar-refractivity contribution in [3.63, 3.8) is 0 Å². The summed E-state index contributed by atoms with van der Waals surface area (Å²) < 4.78 is 7.46. The van der Waals surface area contributed by atoms with E-state index in [9.17, 15) is 4.79 Å². The Hall–Kier alpha value is -3.58. The van der Waals surface area contributed by atoms with E-state index < -0.39 is 11.7 Å². The van der Waals surface area contributed by atoms with Gasteiger partial charge in [0.05, 0.1) is 11.0 Å². The van der Waals surface area contributed by atoms with Crippen LogP contribution < -0.4 is 5.32 Å². The second-order valence-electron chi connectivity index (χ2n) is 8.99. The largest absolute Gasteiger partial charge is 0.444 e. The van der Waals surface area contributed by atoms with E-state index in [1.807, 2.05) is 58.0 Å². The second-order valence-corrected chi connectivity index (χ2v) is 8.99. The van der Waals surface area contributed by atoms with Gasteiger partial charge >= 0.3 is 6.09 Å². The smallest absolute Gasteiger partial charge is 0.407 e. The molecule has 9 nitrogen and oxygen atoms in total. The summed E-state index contributed by atoms with van der Waals surface area (Å²) in [5.41, 5.74) is 11.9. The van der Waals surface area contributed by atoms with E-state index in [1.165, 1.54) is 0 Å². The third kappa shape index (κ3) is 6.02. The molecule has 0 unspecified atom stereocenters. The number of allylic oxidation sites excluding steroid dienone is 1. The monoisotopic (exact) mass is 449 g/mol. The fourth-order valence-electron chi connectivity index (χ4n) is 3.61. The highest BCUT2D eigenvalue weighted by Gasteiger charge is 2.18. The first-order valence-corrected chi connectivity index (χ1v) is 11.2. The normalized spacial score (nSPS) is 12.1. The van der Waals surface area contributed by atoms with Crippen molar-refractivity contribution in [1.82, 2.24) is 19.9 Å². The van der Waals surface area contributed by atoms with Crippen molar-refractivity contribution < 1.29 is 9.53 Å². The molecule has 0 atom stereocenters. The Kier molecular flexibility index (Phi) is 7.55. The van der Waals surface area contributed by atoms with E-state index in [-0.39, 0.29) is 5.82 Å². The third-order valence-corrected chi connectivity index (χ3v) is 5.04. The van der Waals surface area contributed by atoms with Crippen LogP contribution in [0.3, 0.4) is 0 Å². The summed E-state index contributed by atoms with van der Waals surface area (Å²) in [5, 5.41) is 7.54. The van der Waals surface area contributed by atoms with Crippen LogP contribution in [-0.4, -0.2) is 32.8 Å². The number of pyridine rings is 1. The van der Waals surface area contributed by atoms with E-state index in [0.717, 1.165) is 47.1 Å². The molecule has 0 radical (unpaired) electrons. The number of rotatable bonds is 8. The van der Waals surface area contributed by atoms with Gasteiger partial charge in [0.2, 0.25) is 0 Å². The van der Waals surface area contributed by atoms with Crippen molar-refractivity contribution in [1.29, 1.82) is 0 Å². The number of azide groups is 1. The van der Waals surface area contributed by atoms with E-state index in [1.54, 1.807) is 0 Å². The average molecular weight is 450 g/mol. The number of nitrogens with zero attached hydrogens (tertiary/aromatic N) is 6. The van der Waals surface area contributed by atoms with Crippen LogP contribution in [0.4, 0.5) is 10.6 Å². The van der Waals surface area contributed by atoms with Gasteiger partial charge in [-0.05, 0) is 50.8 Å². The maximum atomic E-state index is 11.9. The van der Waals surface area contributed by atoms with Gasteiger partial charge in [-0.25, -0.2) is 14.8 Å². The average Bonchev–Trinajstić information content (AvgIpc) is 3.10. The lowest BCUT2D eigenvalue weighted by Gasteiger charge is -2.19. The summed E-state index contributed by atoms with van der Waals surface area (Å²) in [6.45, 7) is 10.6. The zero-order valence-electron chi connectivity index (χ0n) is 19.9. The molecule has 2 heterocycles. The van der Waals surface area contributed by atoms with Gasteiger partial charge in [0.15, 0.2) is 5.82 Å². The van der Waals surface area contributed by atoms with Gasteiger partial charge in [0.25, 0.3) is 0 Å². The Morgan fingerprint density at radius 3 is 2.76 bits per heavy atom. The van der Waals surface area contributed by atoms with Gasteiger partial charge < -0.3 is 14.6 Å². The molecular weight excluding hydrogens is 418 g/mol. The zero-order valence-corrected chi connectivity index (χ0v) is 19.9. The number of benzene rings is 1.